The first-order chi connectivity index (χ1) is 15.9. The smallest absolute Gasteiger partial charge is 0.415 e. The van der Waals surface area contributed by atoms with Crippen LogP contribution in [0.3, 0.4) is 0 Å². The van der Waals surface area contributed by atoms with Gasteiger partial charge >= 0.3 is 12.1 Å². The monoisotopic (exact) mass is 580 g/mol. The van der Waals surface area contributed by atoms with E-state index in [4.69, 9.17) is 21.4 Å². The van der Waals surface area contributed by atoms with Gasteiger partial charge in [-0.3, -0.25) is 9.80 Å². The highest BCUT2D eigenvalue weighted by Crippen LogP contribution is 2.44. The topological polar surface area (TPSA) is 70.1 Å². The third-order valence-electron chi connectivity index (χ3n) is 7.03. The normalized spacial score (nSPS) is 20.3. The maximum absolute atomic E-state index is 12.6. The number of hydrogen-bond donors (Lipinski definition) is 1. The lowest BCUT2D eigenvalue weighted by molar-refractivity contribution is -0.000974. The number of piperidine rings is 1. The number of carbonyl (C=O) groups excluding carboxylic acids is 1. The van der Waals surface area contributed by atoms with E-state index < -0.39 is 11.6 Å². The van der Waals surface area contributed by atoms with E-state index in [9.17, 15) is 9.59 Å². The van der Waals surface area contributed by atoms with Crippen LogP contribution in [-0.4, -0.2) is 47.3 Å². The Hall–Kier alpha value is -1.84. The summed E-state index contributed by atoms with van der Waals surface area (Å²) >= 11 is 9.05. The number of alkyl halides is 1. The van der Waals surface area contributed by atoms with Crippen molar-refractivity contribution < 1.29 is 19.4 Å². The number of rotatable bonds is 6. The molecule has 0 radical (unpaired) electrons. The van der Waals surface area contributed by atoms with Crippen LogP contribution in [0.2, 0.25) is 5.02 Å². The Kier molecular flexibility index (Phi) is 6.30. The standard InChI is InChI=1S/C25H26ClIN2O4/c26-22-12-18(13-27)21(16-1-2-16)11-19(22)14-28-9-7-25(8-10-28)15-29(24(32)33-25)20-5-3-17(4-6-20)23(30)31/h3-6,11-12,16H,1-2,7-10,13-15H2,(H,30,31). The molecule has 2 aromatic carbocycles. The highest BCUT2D eigenvalue weighted by molar-refractivity contribution is 14.1. The number of benzene rings is 2. The van der Waals surface area contributed by atoms with Gasteiger partial charge in [0.2, 0.25) is 0 Å². The first-order valence-corrected chi connectivity index (χ1v) is 13.2. The van der Waals surface area contributed by atoms with Crippen LogP contribution >= 0.6 is 34.2 Å². The summed E-state index contributed by atoms with van der Waals surface area (Å²) in [5, 5.41) is 9.93. The molecule has 1 aliphatic carbocycles. The third kappa shape index (κ3) is 4.72. The molecule has 2 saturated heterocycles. The molecule has 8 heteroatoms. The summed E-state index contributed by atoms with van der Waals surface area (Å²) < 4.78 is 6.85. The second kappa shape index (κ2) is 9.07. The summed E-state index contributed by atoms with van der Waals surface area (Å²) in [4.78, 5) is 27.7. The summed E-state index contributed by atoms with van der Waals surface area (Å²) in [6.07, 6.45) is 3.72. The molecule has 1 saturated carbocycles. The number of ether oxygens (including phenoxy) is 1. The minimum Gasteiger partial charge on any atom is -0.478 e. The first kappa shape index (κ1) is 22.9. The van der Waals surface area contributed by atoms with Crippen molar-refractivity contribution in [2.45, 2.75) is 48.2 Å². The number of halogens is 2. The van der Waals surface area contributed by atoms with Crippen LogP contribution < -0.4 is 4.90 Å². The van der Waals surface area contributed by atoms with Crippen molar-refractivity contribution in [3.8, 4) is 0 Å². The highest BCUT2D eigenvalue weighted by Gasteiger charge is 2.47. The molecule has 174 valence electrons. The fourth-order valence-electron chi connectivity index (χ4n) is 4.92. The molecule has 1 spiro atoms. The Bertz CT molecular complexity index is 1080. The zero-order chi connectivity index (χ0) is 23.2. The van der Waals surface area contributed by atoms with Crippen molar-refractivity contribution in [2.24, 2.45) is 0 Å². The first-order valence-electron chi connectivity index (χ1n) is 11.3. The van der Waals surface area contributed by atoms with Gasteiger partial charge in [-0.05, 0) is 65.8 Å². The number of carbonyl (C=O) groups is 2. The minimum atomic E-state index is -0.984. The van der Waals surface area contributed by atoms with Gasteiger partial charge in [-0.1, -0.05) is 40.3 Å². The Labute approximate surface area is 212 Å². The molecule has 3 aliphatic rings. The van der Waals surface area contributed by atoms with Gasteiger partial charge in [0.25, 0.3) is 0 Å². The van der Waals surface area contributed by atoms with Crippen LogP contribution in [0.4, 0.5) is 10.5 Å². The molecule has 2 heterocycles. The van der Waals surface area contributed by atoms with E-state index in [2.05, 4.69) is 39.6 Å². The molecule has 2 aliphatic heterocycles. The molecule has 1 N–H and O–H groups in total. The van der Waals surface area contributed by atoms with E-state index in [0.29, 0.717) is 18.2 Å². The fraction of sp³-hybridized carbons (Fsp3) is 0.440. The molecule has 2 aromatic rings. The molecular weight excluding hydrogens is 555 g/mol. The maximum atomic E-state index is 12.6. The second-order valence-electron chi connectivity index (χ2n) is 9.32. The lowest BCUT2D eigenvalue weighted by Gasteiger charge is -2.37. The summed E-state index contributed by atoms with van der Waals surface area (Å²) in [5.41, 5.74) is 4.38. The van der Waals surface area contributed by atoms with Crippen molar-refractivity contribution in [2.75, 3.05) is 24.5 Å². The number of hydrogen-bond acceptors (Lipinski definition) is 4. The number of carboxylic acids is 1. The fourth-order valence-corrected chi connectivity index (χ4v) is 5.82. The molecule has 6 nitrogen and oxygen atoms in total. The highest BCUT2D eigenvalue weighted by atomic mass is 127. The molecular formula is C25H26ClIN2O4. The van der Waals surface area contributed by atoms with Crippen molar-refractivity contribution in [3.63, 3.8) is 0 Å². The van der Waals surface area contributed by atoms with Gasteiger partial charge in [0.15, 0.2) is 0 Å². The van der Waals surface area contributed by atoms with Crippen molar-refractivity contribution in [3.05, 3.63) is 63.7 Å². The van der Waals surface area contributed by atoms with E-state index in [1.807, 2.05) is 0 Å². The lowest BCUT2D eigenvalue weighted by Crippen LogP contribution is -2.46. The molecule has 3 fully saturated rings. The largest absolute Gasteiger partial charge is 0.478 e. The van der Waals surface area contributed by atoms with Crippen LogP contribution in [-0.2, 0) is 15.7 Å². The zero-order valence-electron chi connectivity index (χ0n) is 18.2. The van der Waals surface area contributed by atoms with Crippen LogP contribution in [0, 0.1) is 0 Å². The molecule has 5 rings (SSSR count). The molecule has 0 aromatic heterocycles. The maximum Gasteiger partial charge on any atom is 0.415 e. The lowest BCUT2D eigenvalue weighted by atomic mass is 9.90. The van der Waals surface area contributed by atoms with Gasteiger partial charge in [-0.25, -0.2) is 9.59 Å². The van der Waals surface area contributed by atoms with E-state index in [1.165, 1.54) is 41.7 Å². The number of carboxylic acid groups (broad SMARTS) is 1. The van der Waals surface area contributed by atoms with Crippen LogP contribution in [0.1, 0.15) is 58.6 Å². The van der Waals surface area contributed by atoms with E-state index in [1.54, 1.807) is 17.0 Å². The number of aromatic carboxylic acids is 1. The second-order valence-corrected chi connectivity index (χ2v) is 10.5. The Balaban J connectivity index is 1.23. The average molecular weight is 581 g/mol. The summed E-state index contributed by atoms with van der Waals surface area (Å²) in [6, 6.07) is 10.8. The van der Waals surface area contributed by atoms with E-state index in [-0.39, 0.29) is 11.7 Å². The van der Waals surface area contributed by atoms with Gasteiger partial charge < -0.3 is 9.84 Å². The van der Waals surface area contributed by atoms with Crippen LogP contribution in [0.5, 0.6) is 0 Å². The Morgan fingerprint density at radius 1 is 1.15 bits per heavy atom. The zero-order valence-corrected chi connectivity index (χ0v) is 21.1. The quantitative estimate of drug-likeness (QED) is 0.343. The van der Waals surface area contributed by atoms with Crippen molar-refractivity contribution in [1.82, 2.24) is 4.90 Å². The molecule has 0 atom stereocenters. The average Bonchev–Trinajstić information content (AvgIpc) is 3.60. The predicted octanol–water partition coefficient (Wildman–Crippen LogP) is 5.84. The molecule has 33 heavy (non-hydrogen) atoms. The molecule has 1 amide bonds. The summed E-state index contributed by atoms with van der Waals surface area (Å²) in [6.45, 7) is 2.97. The number of nitrogens with zero attached hydrogens (tertiary/aromatic N) is 2. The van der Waals surface area contributed by atoms with Crippen molar-refractivity contribution >= 4 is 51.9 Å². The van der Waals surface area contributed by atoms with Gasteiger partial charge in [0.05, 0.1) is 12.1 Å². The third-order valence-corrected chi connectivity index (χ3v) is 8.20. The SMILES string of the molecule is O=C(O)c1ccc(N2CC3(CCN(Cc4cc(C5CC5)c(CI)cc4Cl)CC3)OC2=O)cc1. The molecule has 0 bridgehead atoms. The van der Waals surface area contributed by atoms with Gasteiger partial charge in [-0.2, -0.15) is 0 Å². The minimum absolute atomic E-state index is 0.198. The number of likely N-dealkylation sites (tertiary alicyclic amines) is 1. The predicted molar refractivity (Wildman–Crippen MR) is 136 cm³/mol. The Morgan fingerprint density at radius 3 is 2.45 bits per heavy atom. The van der Waals surface area contributed by atoms with E-state index >= 15 is 0 Å². The number of amides is 1. The van der Waals surface area contributed by atoms with Gasteiger partial charge in [0, 0.05) is 47.6 Å². The van der Waals surface area contributed by atoms with Crippen LogP contribution in [0.25, 0.3) is 0 Å². The van der Waals surface area contributed by atoms with E-state index in [0.717, 1.165) is 41.9 Å². The molecule has 0 unspecified atom stereocenters. The summed E-state index contributed by atoms with van der Waals surface area (Å²) in [7, 11) is 0. The van der Waals surface area contributed by atoms with Crippen LogP contribution in [0.15, 0.2) is 36.4 Å². The van der Waals surface area contributed by atoms with Gasteiger partial charge in [0.1, 0.15) is 5.60 Å². The Morgan fingerprint density at radius 2 is 1.85 bits per heavy atom. The number of anilines is 1. The van der Waals surface area contributed by atoms with Crippen molar-refractivity contribution in [1.29, 1.82) is 0 Å². The summed E-state index contributed by atoms with van der Waals surface area (Å²) in [5.74, 6) is -0.286. The van der Waals surface area contributed by atoms with Gasteiger partial charge in [-0.15, -0.1) is 0 Å².